The minimum Gasteiger partial charge on any atom is -0.447 e. The van der Waals surface area contributed by atoms with Gasteiger partial charge in [0.2, 0.25) is 29.7 Å². The number of oxazole rings is 1. The normalized spacial score (nSPS) is 15.3. The lowest BCUT2D eigenvalue weighted by atomic mass is 10.1. The fourth-order valence-corrected chi connectivity index (χ4v) is 16.8. The molecule has 0 amide bonds. The Morgan fingerprint density at radius 3 is 1.21 bits per heavy atom. The molecular weight excluding hydrogens is 1940 g/mol. The van der Waals surface area contributed by atoms with E-state index < -0.39 is 18.1 Å². The molecule has 5 aliphatic carbocycles. The lowest BCUT2D eigenvalue weighted by Crippen LogP contribution is -2.38. The van der Waals surface area contributed by atoms with Gasteiger partial charge in [0.15, 0.2) is 0 Å². The molecular formula is C93H92Br4Cl3F3N22O2. The number of fused-ring (bicyclic) bond motifs is 5. The first-order valence-electron chi connectivity index (χ1n) is 42.1. The molecule has 10 N–H and O–H groups in total. The van der Waals surface area contributed by atoms with E-state index in [4.69, 9.17) is 63.9 Å². The van der Waals surface area contributed by atoms with E-state index in [9.17, 15) is 13.2 Å². The molecule has 5 atom stereocenters. The minimum absolute atomic E-state index is 0.0437. The first kappa shape index (κ1) is 89.8. The highest BCUT2D eigenvalue weighted by molar-refractivity contribution is 9.11. The molecule has 0 saturated heterocycles. The van der Waals surface area contributed by atoms with Crippen molar-refractivity contribution in [3.63, 3.8) is 0 Å². The number of aryl methyl sites for hydroxylation is 3. The summed E-state index contributed by atoms with van der Waals surface area (Å²) in [6.45, 7) is 15.1. The average molecular weight is 2030 g/mol. The largest absolute Gasteiger partial charge is 0.447 e. The molecule has 127 heavy (non-hydrogen) atoms. The quantitative estimate of drug-likeness (QED) is 0.0241. The lowest BCUT2D eigenvalue weighted by molar-refractivity contribution is -0.146. The van der Waals surface area contributed by atoms with Crippen molar-refractivity contribution in [1.29, 1.82) is 0 Å². The number of aromatic nitrogens is 13. The summed E-state index contributed by atoms with van der Waals surface area (Å²) in [5.74, 6) is 10.0. The van der Waals surface area contributed by atoms with Crippen LogP contribution in [0.5, 0.6) is 11.8 Å². The van der Waals surface area contributed by atoms with E-state index in [-0.39, 0.29) is 11.8 Å². The van der Waals surface area contributed by atoms with Crippen molar-refractivity contribution in [2.45, 2.75) is 156 Å². The van der Waals surface area contributed by atoms with Gasteiger partial charge in [-0.3, -0.25) is 5.10 Å². The van der Waals surface area contributed by atoms with Crippen molar-refractivity contribution in [3.8, 4) is 11.8 Å². The van der Waals surface area contributed by atoms with Gasteiger partial charge in [0.25, 0.3) is 0 Å². The fraction of sp³-hybridized carbons (Fsp3) is 0.312. The van der Waals surface area contributed by atoms with Crippen molar-refractivity contribution in [1.82, 2.24) is 65.0 Å². The number of nitrogens with one attached hydrogen (secondary N) is 10. The summed E-state index contributed by atoms with van der Waals surface area (Å²) in [6.07, 6.45) is 11.9. The third-order valence-electron chi connectivity index (χ3n) is 22.6. The molecule has 34 heteroatoms. The van der Waals surface area contributed by atoms with Gasteiger partial charge in [-0.15, -0.1) is 0 Å². The SMILES string of the molecule is C[C@@H](Nc1nc(NCc2ncco2)nc2c(Br)cccc12)C1CC1.C[C@@H](Nc1nc(Nc2ccn[nH]2)nc2c(Br)cccc12)C1CC1.Cc1ccc(Nc2nc(N[C@H](C)C3CC3)c3cccc(Br)c3n2)cc1Cl.Cc1ccc(Nc2nc(N[C@H](C)C3CC3)c3cccc(Br)c3n2)cc1Cl.Cc1ccc(Oc2nc(N[C@@H](C3CC3)C(F)(F)F)c3ccccc3n2)cc1Cl. The average Bonchev–Trinajstić information content (AvgIpc) is 0.957. The van der Waals surface area contributed by atoms with E-state index in [2.05, 4.69) is 196 Å². The summed E-state index contributed by atoms with van der Waals surface area (Å²) in [5.41, 5.74) is 8.73. The van der Waals surface area contributed by atoms with Gasteiger partial charge in [0, 0.05) is 101 Å². The number of benzene rings is 8. The summed E-state index contributed by atoms with van der Waals surface area (Å²) in [7, 11) is 0. The number of alkyl halides is 3. The number of ether oxygens (including phenoxy) is 1. The van der Waals surface area contributed by atoms with Gasteiger partial charge >= 0.3 is 12.2 Å². The number of para-hydroxylation sites is 5. The summed E-state index contributed by atoms with van der Waals surface area (Å²) in [6, 6.07) is 49.6. The van der Waals surface area contributed by atoms with Crippen molar-refractivity contribution >= 4 is 223 Å². The number of rotatable bonds is 26. The van der Waals surface area contributed by atoms with Gasteiger partial charge in [0.05, 0.1) is 46.5 Å². The monoisotopic (exact) mass is 2030 g/mol. The smallest absolute Gasteiger partial charge is 0.408 e. The predicted molar refractivity (Wildman–Crippen MR) is 519 cm³/mol. The van der Waals surface area contributed by atoms with E-state index in [1.54, 1.807) is 61.1 Å². The van der Waals surface area contributed by atoms with Crippen LogP contribution in [-0.4, -0.2) is 101 Å². The van der Waals surface area contributed by atoms with E-state index in [0.29, 0.717) is 94.9 Å². The highest BCUT2D eigenvalue weighted by atomic mass is 79.9. The van der Waals surface area contributed by atoms with Gasteiger partial charge in [-0.25, -0.2) is 24.9 Å². The topological polar surface area (TPSA) is 301 Å². The minimum atomic E-state index is -4.36. The predicted octanol–water partition coefficient (Wildman–Crippen LogP) is 27.0. The Labute approximate surface area is 780 Å². The second-order valence-corrected chi connectivity index (χ2v) is 37.3. The zero-order valence-electron chi connectivity index (χ0n) is 70.3. The van der Waals surface area contributed by atoms with Crippen LogP contribution in [-0.2, 0) is 6.54 Å². The van der Waals surface area contributed by atoms with E-state index in [0.717, 1.165) is 152 Å². The number of nitrogens with zero attached hydrogens (tertiary/aromatic N) is 12. The molecule has 5 saturated carbocycles. The van der Waals surface area contributed by atoms with Crippen LogP contribution in [0.3, 0.4) is 0 Å². The van der Waals surface area contributed by atoms with Crippen LogP contribution in [0.2, 0.25) is 15.1 Å². The molecule has 7 heterocycles. The molecule has 5 fully saturated rings. The number of halogens is 10. The molecule has 5 aliphatic rings. The molecule has 8 aromatic carbocycles. The van der Waals surface area contributed by atoms with Crippen LogP contribution >= 0.6 is 98.5 Å². The second kappa shape index (κ2) is 40.0. The molecule has 0 spiro atoms. The molecule has 20 rings (SSSR count). The van der Waals surface area contributed by atoms with Crippen molar-refractivity contribution < 1.29 is 22.3 Å². The Bertz CT molecular complexity index is 6270. The Morgan fingerprint density at radius 2 is 0.819 bits per heavy atom. The van der Waals surface area contributed by atoms with Crippen molar-refractivity contribution in [2.75, 3.05) is 47.9 Å². The summed E-state index contributed by atoms with van der Waals surface area (Å²) < 4.78 is 55.1. The molecule has 24 nitrogen and oxygen atoms in total. The Kier molecular flexibility index (Phi) is 28.3. The first-order chi connectivity index (χ1) is 61.2. The van der Waals surface area contributed by atoms with Crippen molar-refractivity contribution in [2.24, 2.45) is 29.6 Å². The molecule has 656 valence electrons. The van der Waals surface area contributed by atoms with Gasteiger partial charge in [0.1, 0.15) is 53.0 Å². The van der Waals surface area contributed by atoms with E-state index in [1.807, 2.05) is 124 Å². The van der Waals surface area contributed by atoms with Gasteiger partial charge < -0.3 is 57.0 Å². The Hall–Kier alpha value is -10.5. The highest BCUT2D eigenvalue weighted by Crippen LogP contribution is 2.45. The number of hydrogen-bond acceptors (Lipinski definition) is 23. The number of H-pyrrole nitrogens is 1. The number of hydrogen-bond donors (Lipinski definition) is 10. The summed E-state index contributed by atoms with van der Waals surface area (Å²) in [5, 5.41) is 43.1. The van der Waals surface area contributed by atoms with Crippen molar-refractivity contribution in [3.05, 3.63) is 232 Å². The number of aromatic amines is 1. The highest BCUT2D eigenvalue weighted by Gasteiger charge is 2.49. The fourth-order valence-electron chi connectivity index (χ4n) is 14.4. The van der Waals surface area contributed by atoms with Crippen LogP contribution < -0.4 is 52.6 Å². The zero-order valence-corrected chi connectivity index (χ0v) is 78.9. The van der Waals surface area contributed by atoms with E-state index in [1.165, 1.54) is 51.4 Å². The van der Waals surface area contributed by atoms with Crippen LogP contribution in [0.15, 0.2) is 199 Å². The van der Waals surface area contributed by atoms with Crippen LogP contribution in [0.1, 0.15) is 114 Å². The maximum absolute atomic E-state index is 13.5. The standard InChI is InChI=1S/2C20H20BrClN4.C20H17ClF3N3O.C17H18BrN5O.C16H17BrN6/c2*1-11-6-9-14(10-17(11)22)24-20-25-18-15(4-3-5-16(18)21)19(26-20)23-12(2)13-7-8-13;1-11-6-9-13(10-15(11)21)28-19-25-16-5-3-2-4-14(16)18(27-19)26-17(12-7-8-12)20(22,23)24;1-10(11-5-6-11)21-16-12-3-2-4-13(18)15(12)22-17(23-16)20-9-14-19-7-8-24-14;1-9(10-5-6-10)19-15-11-3-2-4-12(17)14(11)21-16(22-15)20-13-7-8-18-23-13/h2*3-6,9-10,12-13H,7-8H2,1-2H3,(H2,23,24,25,26);2-6,9-10,12,17H,7-8H2,1H3,(H,25,26,27);2-4,7-8,10-11H,5-6,9H2,1H3,(H2,20,21,22,23);2-4,7-10H,5-6H2,1H3,(H3,18,19,20,21,22,23)/t2*12-;17-;10-;9-/m11011/s1. The third kappa shape index (κ3) is 23.5. The first-order valence-corrected chi connectivity index (χ1v) is 46.5. The molecule has 0 bridgehead atoms. The third-order valence-corrected chi connectivity index (χ3v) is 26.4. The maximum atomic E-state index is 13.5. The van der Waals surface area contributed by atoms with Gasteiger partial charge in [-0.2, -0.15) is 48.2 Å². The maximum Gasteiger partial charge on any atom is 0.408 e. The second-order valence-electron chi connectivity index (χ2n) is 32.6. The Balaban J connectivity index is 0.000000117. The summed E-state index contributed by atoms with van der Waals surface area (Å²) in [4.78, 5) is 50.1. The zero-order chi connectivity index (χ0) is 88.7. The van der Waals surface area contributed by atoms with Crippen LogP contribution in [0, 0.1) is 50.4 Å². The molecule has 0 aliphatic heterocycles. The Morgan fingerprint density at radius 1 is 0.425 bits per heavy atom. The summed E-state index contributed by atoms with van der Waals surface area (Å²) >= 11 is 33.0. The van der Waals surface area contributed by atoms with E-state index >= 15 is 0 Å². The van der Waals surface area contributed by atoms with Gasteiger partial charge in [-0.05, 0) is 320 Å². The molecule has 0 radical (unpaired) electrons. The van der Waals surface area contributed by atoms with Crippen LogP contribution in [0.4, 0.5) is 83.2 Å². The number of anilines is 12. The lowest BCUT2D eigenvalue weighted by Gasteiger charge is -2.22. The molecule has 0 unspecified atom stereocenters. The molecule has 7 aromatic heterocycles. The molecule has 15 aromatic rings. The van der Waals surface area contributed by atoms with Gasteiger partial charge in [-0.1, -0.05) is 89.4 Å². The van der Waals surface area contributed by atoms with Crippen LogP contribution in [0.25, 0.3) is 54.5 Å².